The monoisotopic (exact) mass is 522 g/mol. The van der Waals surface area contributed by atoms with Crippen molar-refractivity contribution >= 4 is 0 Å². The summed E-state index contributed by atoms with van der Waals surface area (Å²) >= 11 is 0. The zero-order valence-corrected chi connectivity index (χ0v) is 20.5. The third-order valence-corrected chi connectivity index (χ3v) is 6.90. The van der Waals surface area contributed by atoms with Crippen molar-refractivity contribution in [1.82, 2.24) is 0 Å². The Hall–Kier alpha value is -2.64. The molecule has 2 aromatic carbocycles. The predicted molar refractivity (Wildman–Crippen MR) is 128 cm³/mol. The summed E-state index contributed by atoms with van der Waals surface area (Å²) in [5.41, 5.74) is 1.74. The molecule has 7 atom stereocenters. The summed E-state index contributed by atoms with van der Waals surface area (Å²) in [5.74, 6) is 0.985. The van der Waals surface area contributed by atoms with Crippen molar-refractivity contribution in [1.29, 1.82) is 0 Å². The SMILES string of the molecule is COc1cc(C[C@@H](CO[C@@H]2O[C@H](CO)[C@@H](O)[C@H](O)[C@H]2O)[C@H](CO)Cc2ccc3c(c2)OCO3)ccc1O. The van der Waals surface area contributed by atoms with E-state index in [9.17, 15) is 30.6 Å². The van der Waals surface area contributed by atoms with Crippen molar-refractivity contribution in [2.45, 2.75) is 43.5 Å². The van der Waals surface area contributed by atoms with Crippen LogP contribution >= 0.6 is 0 Å². The number of methoxy groups -OCH3 is 1. The minimum atomic E-state index is -1.56. The predicted octanol–water partition coefficient (Wildman–Crippen LogP) is -0.0441. The second-order valence-corrected chi connectivity index (χ2v) is 9.34. The van der Waals surface area contributed by atoms with E-state index in [4.69, 9.17) is 23.7 Å². The van der Waals surface area contributed by atoms with Gasteiger partial charge in [-0.25, -0.2) is 0 Å². The molecule has 6 N–H and O–H groups in total. The van der Waals surface area contributed by atoms with Gasteiger partial charge in [-0.15, -0.1) is 0 Å². The number of hydrogen-bond acceptors (Lipinski definition) is 11. The third-order valence-electron chi connectivity index (χ3n) is 6.90. The molecule has 2 aliphatic heterocycles. The molecule has 0 unspecified atom stereocenters. The highest BCUT2D eigenvalue weighted by Crippen LogP contribution is 2.35. The van der Waals surface area contributed by atoms with E-state index in [1.54, 1.807) is 12.1 Å². The van der Waals surface area contributed by atoms with Gasteiger partial charge in [-0.1, -0.05) is 12.1 Å². The van der Waals surface area contributed by atoms with Crippen LogP contribution in [0.2, 0.25) is 0 Å². The van der Waals surface area contributed by atoms with E-state index >= 15 is 0 Å². The molecular weight excluding hydrogens is 488 g/mol. The first-order chi connectivity index (χ1) is 17.8. The van der Waals surface area contributed by atoms with Crippen LogP contribution in [0.25, 0.3) is 0 Å². The largest absolute Gasteiger partial charge is 0.504 e. The van der Waals surface area contributed by atoms with Gasteiger partial charge in [0.25, 0.3) is 0 Å². The third kappa shape index (κ3) is 6.27. The highest BCUT2D eigenvalue weighted by Gasteiger charge is 2.44. The molecule has 11 nitrogen and oxygen atoms in total. The van der Waals surface area contributed by atoms with Crippen LogP contribution in [-0.2, 0) is 22.3 Å². The Labute approximate surface area is 214 Å². The Morgan fingerprint density at radius 2 is 1.59 bits per heavy atom. The van der Waals surface area contributed by atoms with Crippen LogP contribution in [0.15, 0.2) is 36.4 Å². The van der Waals surface area contributed by atoms with Gasteiger partial charge in [0.1, 0.15) is 24.4 Å². The minimum absolute atomic E-state index is 0.000522. The summed E-state index contributed by atoms with van der Waals surface area (Å²) in [6.07, 6.45) is -6.07. The molecule has 0 aromatic heterocycles. The molecule has 4 rings (SSSR count). The summed E-state index contributed by atoms with van der Waals surface area (Å²) in [5, 5.41) is 60.3. The molecule has 0 bridgehead atoms. The summed E-state index contributed by atoms with van der Waals surface area (Å²) < 4.78 is 27.4. The quantitative estimate of drug-likeness (QED) is 0.234. The molecule has 11 heteroatoms. The fraction of sp³-hybridized carbons (Fsp3) is 0.538. The van der Waals surface area contributed by atoms with Gasteiger partial charge in [-0.05, 0) is 60.1 Å². The van der Waals surface area contributed by atoms with Crippen molar-refractivity contribution in [3.05, 3.63) is 47.5 Å². The number of aliphatic hydroxyl groups is 5. The van der Waals surface area contributed by atoms with Crippen LogP contribution in [0.4, 0.5) is 0 Å². The van der Waals surface area contributed by atoms with Crippen molar-refractivity contribution < 1.29 is 54.3 Å². The summed E-state index contributed by atoms with van der Waals surface area (Å²) in [4.78, 5) is 0. The lowest BCUT2D eigenvalue weighted by Gasteiger charge is -2.40. The number of phenols is 1. The molecule has 0 spiro atoms. The van der Waals surface area contributed by atoms with Crippen LogP contribution in [-0.4, -0.2) is 95.1 Å². The van der Waals surface area contributed by atoms with E-state index < -0.39 is 37.3 Å². The lowest BCUT2D eigenvalue weighted by Crippen LogP contribution is -2.59. The van der Waals surface area contributed by atoms with Crippen LogP contribution in [0.3, 0.4) is 0 Å². The zero-order valence-electron chi connectivity index (χ0n) is 20.5. The van der Waals surface area contributed by atoms with Crippen molar-refractivity contribution in [2.24, 2.45) is 11.8 Å². The Morgan fingerprint density at radius 3 is 2.32 bits per heavy atom. The van der Waals surface area contributed by atoms with Gasteiger partial charge < -0.3 is 54.3 Å². The highest BCUT2D eigenvalue weighted by atomic mass is 16.7. The number of aliphatic hydroxyl groups excluding tert-OH is 5. The molecule has 0 amide bonds. The van der Waals surface area contributed by atoms with Gasteiger partial charge in [-0.3, -0.25) is 0 Å². The number of phenolic OH excluding ortho intramolecular Hbond substituents is 1. The maximum absolute atomic E-state index is 10.4. The summed E-state index contributed by atoms with van der Waals surface area (Å²) in [6, 6.07) is 10.5. The first-order valence-corrected chi connectivity index (χ1v) is 12.1. The maximum atomic E-state index is 10.4. The molecule has 2 heterocycles. The highest BCUT2D eigenvalue weighted by molar-refractivity contribution is 5.45. The number of benzene rings is 2. The van der Waals surface area contributed by atoms with Crippen molar-refractivity contribution in [3.63, 3.8) is 0 Å². The van der Waals surface area contributed by atoms with E-state index in [-0.39, 0.29) is 37.6 Å². The average molecular weight is 523 g/mol. The van der Waals surface area contributed by atoms with E-state index in [0.29, 0.717) is 30.1 Å². The van der Waals surface area contributed by atoms with Gasteiger partial charge in [-0.2, -0.15) is 0 Å². The maximum Gasteiger partial charge on any atom is 0.231 e. The molecule has 1 saturated heterocycles. The van der Waals surface area contributed by atoms with Crippen LogP contribution in [0.1, 0.15) is 11.1 Å². The number of hydrogen-bond donors (Lipinski definition) is 6. The van der Waals surface area contributed by atoms with Crippen molar-refractivity contribution in [3.8, 4) is 23.0 Å². The molecule has 204 valence electrons. The van der Waals surface area contributed by atoms with Crippen LogP contribution in [0, 0.1) is 11.8 Å². The fourth-order valence-corrected chi connectivity index (χ4v) is 4.69. The topological polar surface area (TPSA) is 168 Å². The van der Waals surface area contributed by atoms with Gasteiger partial charge in [0.15, 0.2) is 29.3 Å². The normalized spacial score (nSPS) is 26.6. The lowest BCUT2D eigenvalue weighted by molar-refractivity contribution is -0.304. The number of aromatic hydroxyl groups is 1. The van der Waals surface area contributed by atoms with Crippen molar-refractivity contribution in [2.75, 3.05) is 33.7 Å². The van der Waals surface area contributed by atoms with Gasteiger partial charge in [0.05, 0.1) is 20.3 Å². The second-order valence-electron chi connectivity index (χ2n) is 9.34. The first-order valence-electron chi connectivity index (χ1n) is 12.1. The minimum Gasteiger partial charge on any atom is -0.504 e. The van der Waals surface area contributed by atoms with E-state index in [1.165, 1.54) is 13.2 Å². The smallest absolute Gasteiger partial charge is 0.231 e. The summed E-state index contributed by atoms with van der Waals surface area (Å²) in [7, 11) is 1.45. The fourth-order valence-electron chi connectivity index (χ4n) is 4.69. The molecule has 1 fully saturated rings. The van der Waals surface area contributed by atoms with E-state index in [0.717, 1.165) is 11.1 Å². The number of ether oxygens (including phenoxy) is 5. The Balaban J connectivity index is 1.53. The molecule has 0 radical (unpaired) electrons. The summed E-state index contributed by atoms with van der Waals surface area (Å²) in [6.45, 7) is -0.570. The molecule has 37 heavy (non-hydrogen) atoms. The van der Waals surface area contributed by atoms with E-state index in [2.05, 4.69) is 0 Å². The molecule has 0 saturated carbocycles. The average Bonchev–Trinajstić information content (AvgIpc) is 3.38. The number of rotatable bonds is 11. The number of fused-ring (bicyclic) bond motifs is 1. The molecule has 0 aliphatic carbocycles. The van der Waals surface area contributed by atoms with Crippen LogP contribution in [0.5, 0.6) is 23.0 Å². The Bertz CT molecular complexity index is 1030. The van der Waals surface area contributed by atoms with Crippen LogP contribution < -0.4 is 14.2 Å². The Kier molecular flexibility index (Phi) is 9.08. The molecule has 2 aromatic rings. The molecular formula is C26H34O11. The zero-order chi connectivity index (χ0) is 26.5. The Morgan fingerprint density at radius 1 is 0.892 bits per heavy atom. The van der Waals surface area contributed by atoms with E-state index in [1.807, 2.05) is 18.2 Å². The standard InChI is InChI=1S/C26H34O11/c1-33-20-8-14(2-4-18(20)29)7-17(12-34-26-25(32)24(31)23(30)22(11-28)37-26)16(10-27)6-15-3-5-19-21(9-15)36-13-35-19/h2-5,8-9,16-17,22-32H,6-7,10-13H2,1H3/t16-,17-,22+,23+,24-,25+,26+/m0/s1. The van der Waals surface area contributed by atoms with Gasteiger partial charge in [0, 0.05) is 6.61 Å². The second kappa shape index (κ2) is 12.3. The molecule has 2 aliphatic rings. The lowest BCUT2D eigenvalue weighted by atomic mass is 9.83. The van der Waals surface area contributed by atoms with Gasteiger partial charge in [0.2, 0.25) is 6.79 Å². The van der Waals surface area contributed by atoms with Gasteiger partial charge >= 0.3 is 0 Å². The first kappa shape index (κ1) is 27.4.